The van der Waals surface area contributed by atoms with Crippen LogP contribution < -0.4 is 0 Å². The Hall–Kier alpha value is -2.69. The molecule has 1 unspecified atom stereocenters. The van der Waals surface area contributed by atoms with E-state index in [1.807, 2.05) is 48.5 Å². The maximum Gasteiger partial charge on any atom is 0.338 e. The maximum absolute atomic E-state index is 13.0. The first-order valence-corrected chi connectivity index (χ1v) is 10.9. The van der Waals surface area contributed by atoms with Gasteiger partial charge < -0.3 is 9.84 Å². The third kappa shape index (κ3) is 2.50. The zero-order valence-corrected chi connectivity index (χ0v) is 16.8. The molecule has 0 saturated carbocycles. The van der Waals surface area contributed by atoms with Gasteiger partial charge in [0.15, 0.2) is 5.60 Å². The van der Waals surface area contributed by atoms with Crippen LogP contribution in [0.25, 0.3) is 11.1 Å². The van der Waals surface area contributed by atoms with E-state index in [-0.39, 0.29) is 12.0 Å². The van der Waals surface area contributed by atoms with Gasteiger partial charge in [-0.3, -0.25) is 4.90 Å². The molecule has 0 radical (unpaired) electrons. The van der Waals surface area contributed by atoms with E-state index < -0.39 is 11.7 Å². The first-order chi connectivity index (χ1) is 14.7. The Balaban J connectivity index is 1.37. The first kappa shape index (κ1) is 18.1. The van der Waals surface area contributed by atoms with Crippen LogP contribution in [0, 0.1) is 0 Å². The van der Waals surface area contributed by atoms with E-state index >= 15 is 0 Å². The number of fused-ring (bicyclic) bond motifs is 3. The number of nitrogens with zero attached hydrogens (tertiary/aromatic N) is 1. The van der Waals surface area contributed by atoms with E-state index in [1.54, 1.807) is 0 Å². The van der Waals surface area contributed by atoms with Gasteiger partial charge in [-0.25, -0.2) is 4.79 Å². The lowest BCUT2D eigenvalue weighted by molar-refractivity contribution is -0.150. The van der Waals surface area contributed by atoms with E-state index in [0.29, 0.717) is 11.6 Å². The van der Waals surface area contributed by atoms with Crippen LogP contribution in [0.15, 0.2) is 77.9 Å². The number of carbonyl (C=O) groups is 1. The number of ether oxygens (including phenoxy) is 1. The molecule has 0 amide bonds. The van der Waals surface area contributed by atoms with Crippen molar-refractivity contribution >= 4 is 5.97 Å². The first-order valence-electron chi connectivity index (χ1n) is 10.9. The third-order valence-electron chi connectivity index (χ3n) is 7.35. The minimum Gasteiger partial charge on any atom is -0.449 e. The molecule has 6 rings (SSSR count). The lowest BCUT2D eigenvalue weighted by Gasteiger charge is -2.37. The molecule has 1 spiro atoms. The molecule has 0 aromatic heterocycles. The summed E-state index contributed by atoms with van der Waals surface area (Å²) in [6.45, 7) is 1.06. The fourth-order valence-corrected chi connectivity index (χ4v) is 5.96. The van der Waals surface area contributed by atoms with E-state index in [4.69, 9.17) is 4.74 Å². The molecular weight excluding hydrogens is 374 g/mol. The number of rotatable bonds is 3. The van der Waals surface area contributed by atoms with Crippen molar-refractivity contribution < 1.29 is 14.6 Å². The summed E-state index contributed by atoms with van der Waals surface area (Å²) in [5.41, 5.74) is 3.69. The lowest BCUT2D eigenvalue weighted by atomic mass is 9.78. The highest BCUT2D eigenvalue weighted by Gasteiger charge is 2.62. The fourth-order valence-electron chi connectivity index (χ4n) is 5.96. The fraction of sp³-hybridized carbons (Fsp3) is 0.346. The summed E-state index contributed by atoms with van der Waals surface area (Å²) in [6, 6.07) is 18.5. The quantitative estimate of drug-likeness (QED) is 0.787. The maximum atomic E-state index is 13.0. The average molecular weight is 399 g/mol. The van der Waals surface area contributed by atoms with Gasteiger partial charge in [0.2, 0.25) is 0 Å². The van der Waals surface area contributed by atoms with Crippen LogP contribution in [0.2, 0.25) is 0 Å². The minimum absolute atomic E-state index is 0.232. The molecule has 2 bridgehead atoms. The van der Waals surface area contributed by atoms with Crippen molar-refractivity contribution in [3.63, 3.8) is 0 Å². The molecular formula is C26H25NO3. The van der Waals surface area contributed by atoms with Gasteiger partial charge >= 0.3 is 5.97 Å². The van der Waals surface area contributed by atoms with Gasteiger partial charge in [-0.05, 0) is 36.1 Å². The molecule has 4 aliphatic rings. The molecule has 3 aliphatic heterocycles. The topological polar surface area (TPSA) is 49.8 Å². The molecule has 2 aromatic carbocycles. The molecule has 2 fully saturated rings. The molecule has 152 valence electrons. The summed E-state index contributed by atoms with van der Waals surface area (Å²) in [7, 11) is 0. The van der Waals surface area contributed by atoms with Crippen LogP contribution >= 0.6 is 0 Å². The van der Waals surface area contributed by atoms with Crippen molar-refractivity contribution in [3.8, 4) is 11.1 Å². The number of hydrogen-bond donors (Lipinski definition) is 1. The van der Waals surface area contributed by atoms with E-state index in [9.17, 15) is 9.90 Å². The van der Waals surface area contributed by atoms with E-state index in [2.05, 4.69) is 23.1 Å². The third-order valence-corrected chi connectivity index (χ3v) is 7.35. The Morgan fingerprint density at radius 2 is 1.80 bits per heavy atom. The summed E-state index contributed by atoms with van der Waals surface area (Å²) in [5, 5.41) is 11.2. The Kier molecular flexibility index (Phi) is 4.02. The molecule has 4 atom stereocenters. The Morgan fingerprint density at radius 3 is 2.60 bits per heavy atom. The van der Waals surface area contributed by atoms with Gasteiger partial charge in [0.25, 0.3) is 0 Å². The van der Waals surface area contributed by atoms with Crippen LogP contribution in [0.1, 0.15) is 37.4 Å². The average Bonchev–Trinajstić information content (AvgIpc) is 3.24. The summed E-state index contributed by atoms with van der Waals surface area (Å²) in [4.78, 5) is 15.5. The predicted molar refractivity (Wildman–Crippen MR) is 115 cm³/mol. The zero-order valence-electron chi connectivity index (χ0n) is 16.8. The van der Waals surface area contributed by atoms with Crippen molar-refractivity contribution in [1.82, 2.24) is 4.90 Å². The van der Waals surface area contributed by atoms with Crippen LogP contribution in [-0.2, 0) is 9.53 Å². The number of aliphatic hydroxyl groups excluding tert-OH is 1. The monoisotopic (exact) mass is 399 g/mol. The van der Waals surface area contributed by atoms with Crippen LogP contribution in [0.3, 0.4) is 0 Å². The summed E-state index contributed by atoms with van der Waals surface area (Å²) < 4.78 is 6.10. The van der Waals surface area contributed by atoms with Gasteiger partial charge in [-0.15, -0.1) is 0 Å². The molecule has 2 saturated heterocycles. The summed E-state index contributed by atoms with van der Waals surface area (Å²) >= 11 is 0. The summed E-state index contributed by atoms with van der Waals surface area (Å²) in [6.07, 6.45) is 7.51. The lowest BCUT2D eigenvalue weighted by Crippen LogP contribution is -2.48. The normalized spacial score (nSPS) is 30.8. The van der Waals surface area contributed by atoms with Gasteiger partial charge in [0, 0.05) is 18.0 Å². The second-order valence-corrected chi connectivity index (χ2v) is 8.88. The van der Waals surface area contributed by atoms with Gasteiger partial charge in [0.1, 0.15) is 6.10 Å². The Morgan fingerprint density at radius 1 is 1.03 bits per heavy atom. The zero-order chi connectivity index (χ0) is 20.3. The Bertz CT molecular complexity index is 1060. The van der Waals surface area contributed by atoms with Crippen molar-refractivity contribution in [1.29, 1.82) is 0 Å². The van der Waals surface area contributed by atoms with E-state index in [1.165, 1.54) is 12.8 Å². The highest BCUT2D eigenvalue weighted by molar-refractivity contribution is 5.96. The van der Waals surface area contributed by atoms with Gasteiger partial charge in [-0.1, -0.05) is 73.2 Å². The number of hydrogen-bond acceptors (Lipinski definition) is 4. The van der Waals surface area contributed by atoms with Gasteiger partial charge in [0.05, 0.1) is 11.6 Å². The molecule has 3 heterocycles. The molecule has 2 aromatic rings. The van der Waals surface area contributed by atoms with Crippen molar-refractivity contribution in [2.75, 3.05) is 6.54 Å². The second kappa shape index (κ2) is 6.66. The van der Waals surface area contributed by atoms with E-state index in [0.717, 1.165) is 41.6 Å². The van der Waals surface area contributed by atoms with Crippen molar-refractivity contribution in [3.05, 3.63) is 83.5 Å². The smallest absolute Gasteiger partial charge is 0.338 e. The number of carbonyl (C=O) groups excluding carboxylic acids is 1. The molecule has 4 nitrogen and oxygen atoms in total. The molecule has 4 heteroatoms. The second-order valence-electron chi connectivity index (χ2n) is 8.88. The predicted octanol–water partition coefficient (Wildman–Crippen LogP) is 4.18. The number of benzene rings is 2. The SMILES string of the molecule is O=C1O[C@@]23C[C@@H](C=CC2=C1C(O)c1ccc(-c2ccccc2)cc1)N1CCCC[C@H]13. The molecule has 30 heavy (non-hydrogen) atoms. The van der Waals surface area contributed by atoms with Gasteiger partial charge in [-0.2, -0.15) is 0 Å². The van der Waals surface area contributed by atoms with Crippen molar-refractivity contribution in [2.24, 2.45) is 0 Å². The highest BCUT2D eigenvalue weighted by Crippen LogP contribution is 2.54. The number of piperidine rings is 1. The molecule has 1 aliphatic carbocycles. The largest absolute Gasteiger partial charge is 0.449 e. The Labute approximate surface area is 176 Å². The standard InChI is InChI=1S/C26H25NO3/c28-24(19-11-9-18(10-12-19)17-6-2-1-3-7-17)23-21-14-13-20-16-26(21,30-25(23)29)22-8-4-5-15-27(20)22/h1-3,6-7,9-14,20,22,24,28H,4-5,8,15-16H2/t20-,22+,24?,26+/m1/s1. The number of aliphatic hydroxyl groups is 1. The minimum atomic E-state index is -0.976. The summed E-state index contributed by atoms with van der Waals surface area (Å²) in [5.74, 6) is -0.359. The van der Waals surface area contributed by atoms with Crippen molar-refractivity contribution in [2.45, 2.75) is 49.5 Å². The number of esters is 1. The van der Waals surface area contributed by atoms with Crippen LogP contribution in [-0.4, -0.2) is 40.2 Å². The highest BCUT2D eigenvalue weighted by atomic mass is 16.6. The molecule has 1 N–H and O–H groups in total. The van der Waals surface area contributed by atoms with Crippen LogP contribution in [0.5, 0.6) is 0 Å². The van der Waals surface area contributed by atoms with Crippen LogP contribution in [0.4, 0.5) is 0 Å².